The molecule has 33 heavy (non-hydrogen) atoms. The van der Waals surface area contributed by atoms with Crippen molar-refractivity contribution in [3.05, 3.63) is 78.4 Å². The van der Waals surface area contributed by atoms with E-state index in [0.29, 0.717) is 11.7 Å². The third-order valence-electron chi connectivity index (χ3n) is 5.40. The Balaban J connectivity index is 0.000000176. The zero-order valence-corrected chi connectivity index (χ0v) is 20.2. The van der Waals surface area contributed by atoms with Gasteiger partial charge in [-0.05, 0) is 70.8 Å². The molecule has 0 fully saturated rings. The van der Waals surface area contributed by atoms with E-state index in [1.165, 1.54) is 10.9 Å². The lowest BCUT2D eigenvalue weighted by Gasteiger charge is -2.06. The van der Waals surface area contributed by atoms with Crippen molar-refractivity contribution in [1.82, 2.24) is 0 Å². The normalized spacial score (nSPS) is 10.5. The van der Waals surface area contributed by atoms with Gasteiger partial charge in [-0.15, -0.1) is 0 Å². The van der Waals surface area contributed by atoms with Crippen LogP contribution in [-0.4, -0.2) is 19.3 Å². The molecule has 0 aliphatic rings. The first-order valence-corrected chi connectivity index (χ1v) is 11.3. The van der Waals surface area contributed by atoms with Gasteiger partial charge < -0.3 is 19.0 Å². The highest BCUT2D eigenvalue weighted by Gasteiger charge is 2.08. The fourth-order valence-electron chi connectivity index (χ4n) is 3.60. The number of furan rings is 1. The minimum absolute atomic E-state index is 0.329. The van der Waals surface area contributed by atoms with Gasteiger partial charge in [0.2, 0.25) is 0 Å². The van der Waals surface area contributed by atoms with Crippen molar-refractivity contribution in [2.24, 2.45) is 0 Å². The number of phenols is 1. The molecule has 5 aromatic rings. The van der Waals surface area contributed by atoms with Crippen LogP contribution in [0, 0.1) is 0 Å². The molecule has 0 saturated heterocycles. The zero-order valence-electron chi connectivity index (χ0n) is 20.2. The molecule has 0 atom stereocenters. The average molecular weight is 445 g/mol. The number of ether oxygens (including phenoxy) is 2. The fraction of sp³-hybridized carbons (Fsp3) is 0.241. The van der Waals surface area contributed by atoms with Crippen molar-refractivity contribution in [3.63, 3.8) is 0 Å². The van der Waals surface area contributed by atoms with E-state index >= 15 is 0 Å². The number of fused-ring (bicyclic) bond motifs is 4. The Kier molecular flexibility index (Phi) is 7.83. The summed E-state index contributed by atoms with van der Waals surface area (Å²) < 4.78 is 16.2. The summed E-state index contributed by atoms with van der Waals surface area (Å²) in [5.74, 6) is 2.52. The quantitative estimate of drug-likeness (QED) is 0.304. The van der Waals surface area contributed by atoms with Crippen LogP contribution in [0.3, 0.4) is 0 Å². The van der Waals surface area contributed by atoms with Gasteiger partial charge in [0, 0.05) is 10.8 Å². The summed E-state index contributed by atoms with van der Waals surface area (Å²) >= 11 is 0. The van der Waals surface area contributed by atoms with Crippen LogP contribution in [0.1, 0.15) is 39.2 Å². The lowest BCUT2D eigenvalue weighted by molar-refractivity contribution is 0.415. The van der Waals surface area contributed by atoms with E-state index in [-0.39, 0.29) is 0 Å². The molecule has 1 N–H and O–H groups in total. The van der Waals surface area contributed by atoms with Crippen molar-refractivity contribution in [2.75, 3.05) is 14.2 Å². The molecule has 0 bridgehead atoms. The van der Waals surface area contributed by atoms with Crippen LogP contribution < -0.4 is 9.47 Å². The van der Waals surface area contributed by atoms with Crippen LogP contribution in [0.15, 0.2) is 77.2 Å². The second-order valence-electron chi connectivity index (χ2n) is 7.77. The molecule has 0 aliphatic carbocycles. The highest BCUT2D eigenvalue weighted by molar-refractivity contribution is 6.05. The molecule has 4 aromatic carbocycles. The molecule has 1 aromatic heterocycles. The number of benzene rings is 4. The molecule has 4 heteroatoms. The van der Waals surface area contributed by atoms with Gasteiger partial charge in [0.1, 0.15) is 28.4 Å². The lowest BCUT2D eigenvalue weighted by atomic mass is 9.99. The molecule has 0 saturated carbocycles. The molecule has 0 amide bonds. The third-order valence-corrected chi connectivity index (χ3v) is 5.40. The van der Waals surface area contributed by atoms with Gasteiger partial charge in [-0.1, -0.05) is 52.0 Å². The molecular weight excluding hydrogens is 412 g/mol. The molecule has 0 radical (unpaired) electrons. The van der Waals surface area contributed by atoms with Gasteiger partial charge in [0.05, 0.1) is 14.2 Å². The first-order chi connectivity index (χ1) is 16.0. The molecule has 1 heterocycles. The highest BCUT2D eigenvalue weighted by Crippen LogP contribution is 2.33. The van der Waals surface area contributed by atoms with E-state index in [4.69, 9.17) is 13.9 Å². The van der Waals surface area contributed by atoms with Crippen LogP contribution >= 0.6 is 0 Å². The van der Waals surface area contributed by atoms with E-state index in [1.54, 1.807) is 26.4 Å². The van der Waals surface area contributed by atoms with Crippen LogP contribution in [0.25, 0.3) is 32.7 Å². The first-order valence-electron chi connectivity index (χ1n) is 11.3. The number of aromatic hydroxyl groups is 1. The van der Waals surface area contributed by atoms with E-state index < -0.39 is 0 Å². The fourth-order valence-corrected chi connectivity index (χ4v) is 3.60. The van der Waals surface area contributed by atoms with Gasteiger partial charge >= 0.3 is 0 Å². The Morgan fingerprint density at radius 2 is 1.18 bits per heavy atom. The first kappa shape index (κ1) is 24.0. The van der Waals surface area contributed by atoms with Gasteiger partial charge in [-0.3, -0.25) is 0 Å². The van der Waals surface area contributed by atoms with Crippen molar-refractivity contribution in [1.29, 1.82) is 0 Å². The van der Waals surface area contributed by atoms with Gasteiger partial charge in [-0.2, -0.15) is 0 Å². The standard InChI is InChI=1S/C14H12O3.C13H14O.C2H6/c1-15-9-3-5-13-11(7-9)12-8-10(16-2)4-6-14(12)17-13;1-9(2)10-3-4-12-8-13(14)6-5-11(12)7-10;1-2/h3-8H,1-2H3;3-9,14H,1-2H3;1-2H3. The Morgan fingerprint density at radius 3 is 1.70 bits per heavy atom. The second kappa shape index (κ2) is 10.8. The topological polar surface area (TPSA) is 51.8 Å². The zero-order chi connectivity index (χ0) is 24.0. The van der Waals surface area contributed by atoms with E-state index in [9.17, 15) is 5.11 Å². The van der Waals surface area contributed by atoms with Crippen LogP contribution in [0.5, 0.6) is 17.2 Å². The monoisotopic (exact) mass is 444 g/mol. The number of rotatable bonds is 3. The van der Waals surface area contributed by atoms with Gasteiger partial charge in [-0.25, -0.2) is 0 Å². The Morgan fingerprint density at radius 1 is 0.667 bits per heavy atom. The number of methoxy groups -OCH3 is 2. The predicted octanol–water partition coefficient (Wildman–Crippen LogP) is 8.30. The number of hydrogen-bond donors (Lipinski definition) is 1. The van der Waals surface area contributed by atoms with E-state index in [0.717, 1.165) is 38.8 Å². The van der Waals surface area contributed by atoms with Crippen LogP contribution in [0.4, 0.5) is 0 Å². The summed E-state index contributed by atoms with van der Waals surface area (Å²) in [6.07, 6.45) is 0. The van der Waals surface area contributed by atoms with Crippen molar-refractivity contribution >= 4 is 32.7 Å². The maximum absolute atomic E-state index is 9.31. The predicted molar refractivity (Wildman–Crippen MR) is 138 cm³/mol. The van der Waals surface area contributed by atoms with Crippen molar-refractivity contribution in [2.45, 2.75) is 33.6 Å². The second-order valence-corrected chi connectivity index (χ2v) is 7.77. The molecule has 0 unspecified atom stereocenters. The number of phenolic OH excluding ortho intramolecular Hbond substituents is 1. The Hall–Kier alpha value is -3.66. The molecule has 4 nitrogen and oxygen atoms in total. The maximum Gasteiger partial charge on any atom is 0.135 e. The number of hydrogen-bond acceptors (Lipinski definition) is 4. The van der Waals surface area contributed by atoms with Gasteiger partial charge in [0.25, 0.3) is 0 Å². The van der Waals surface area contributed by atoms with E-state index in [1.807, 2.05) is 56.3 Å². The Labute approximate surface area is 195 Å². The molecule has 0 aliphatic heterocycles. The Bertz CT molecular complexity index is 1290. The highest BCUT2D eigenvalue weighted by atomic mass is 16.5. The summed E-state index contributed by atoms with van der Waals surface area (Å²) in [5.41, 5.74) is 3.05. The maximum atomic E-state index is 9.31. The van der Waals surface area contributed by atoms with Crippen molar-refractivity contribution < 1.29 is 19.0 Å². The lowest BCUT2D eigenvalue weighted by Crippen LogP contribution is -1.86. The summed E-state index contributed by atoms with van der Waals surface area (Å²) in [7, 11) is 3.31. The molecule has 5 rings (SSSR count). The molecular formula is C29H32O4. The summed E-state index contributed by atoms with van der Waals surface area (Å²) in [5, 5.41) is 13.7. The smallest absolute Gasteiger partial charge is 0.135 e. The average Bonchev–Trinajstić information content (AvgIpc) is 3.22. The minimum Gasteiger partial charge on any atom is -0.508 e. The molecule has 172 valence electrons. The SMILES string of the molecule is CC.CC(C)c1ccc2cc(O)ccc2c1.COc1ccc2oc3ccc(OC)cc3c2c1. The largest absolute Gasteiger partial charge is 0.508 e. The minimum atomic E-state index is 0.329. The van der Waals surface area contributed by atoms with Crippen molar-refractivity contribution in [3.8, 4) is 17.2 Å². The van der Waals surface area contributed by atoms with Gasteiger partial charge in [0.15, 0.2) is 0 Å². The summed E-state index contributed by atoms with van der Waals surface area (Å²) in [4.78, 5) is 0. The van der Waals surface area contributed by atoms with Crippen LogP contribution in [-0.2, 0) is 0 Å². The van der Waals surface area contributed by atoms with E-state index in [2.05, 4.69) is 32.0 Å². The molecule has 0 spiro atoms. The van der Waals surface area contributed by atoms with Crippen LogP contribution in [0.2, 0.25) is 0 Å². The third kappa shape index (κ3) is 5.40. The summed E-state index contributed by atoms with van der Waals surface area (Å²) in [6, 6.07) is 23.4. The summed E-state index contributed by atoms with van der Waals surface area (Å²) in [6.45, 7) is 8.36.